The number of rotatable bonds is 3. The molecular weight excluding hydrogens is 348 g/mol. The number of likely N-dealkylation sites (N-methyl/N-ethyl adjacent to an activating group) is 1. The molecule has 3 heterocycles. The summed E-state index contributed by atoms with van der Waals surface area (Å²) in [7, 11) is 2.17. The normalized spacial score (nSPS) is 26.6. The van der Waals surface area contributed by atoms with Gasteiger partial charge in [0.05, 0.1) is 6.10 Å². The fraction of sp³-hybridized carbons (Fsp3) is 0.600. The molecule has 2 aromatic rings. The molecule has 2 N–H and O–H groups in total. The first-order chi connectivity index (χ1) is 12.5. The summed E-state index contributed by atoms with van der Waals surface area (Å²) in [4.78, 5) is 10.8. The SMILES string of the molecule is Cc1c(CN2CC[C@@H](N3CCN(C)CC3)[C@H](O)C2)[nH]c2ccc(Cl)cc12. The molecule has 0 aliphatic carbocycles. The maximum absolute atomic E-state index is 10.8. The van der Waals surface area contributed by atoms with Crippen LogP contribution < -0.4 is 0 Å². The summed E-state index contributed by atoms with van der Waals surface area (Å²) in [6.45, 7) is 9.12. The molecule has 1 aromatic heterocycles. The largest absolute Gasteiger partial charge is 0.390 e. The van der Waals surface area contributed by atoms with Crippen molar-refractivity contribution in [3.63, 3.8) is 0 Å². The van der Waals surface area contributed by atoms with E-state index < -0.39 is 0 Å². The van der Waals surface area contributed by atoms with Crippen molar-refractivity contribution in [2.24, 2.45) is 0 Å². The van der Waals surface area contributed by atoms with Crippen molar-refractivity contribution < 1.29 is 5.11 Å². The highest BCUT2D eigenvalue weighted by Crippen LogP contribution is 2.27. The van der Waals surface area contributed by atoms with E-state index in [2.05, 4.69) is 33.7 Å². The summed E-state index contributed by atoms with van der Waals surface area (Å²) in [5.41, 5.74) is 3.63. The highest BCUT2D eigenvalue weighted by atomic mass is 35.5. The van der Waals surface area contributed by atoms with E-state index in [1.807, 2.05) is 18.2 Å². The van der Waals surface area contributed by atoms with Crippen LogP contribution in [0.15, 0.2) is 18.2 Å². The topological polar surface area (TPSA) is 45.7 Å². The minimum Gasteiger partial charge on any atom is -0.390 e. The average molecular weight is 377 g/mol. The molecular formula is C20H29ClN4O. The number of aliphatic hydroxyl groups excluding tert-OH is 1. The smallest absolute Gasteiger partial charge is 0.0822 e. The Bertz CT molecular complexity index is 769. The van der Waals surface area contributed by atoms with Crippen LogP contribution in [0.25, 0.3) is 10.9 Å². The Balaban J connectivity index is 1.41. The van der Waals surface area contributed by atoms with E-state index in [0.29, 0.717) is 6.04 Å². The third kappa shape index (κ3) is 3.64. The Hall–Kier alpha value is -1.11. The molecule has 1 aromatic carbocycles. The van der Waals surface area contributed by atoms with Crippen LogP contribution in [-0.2, 0) is 6.54 Å². The number of β-amino-alcohol motifs (C(OH)–C–C–N with tert-alkyl or cyclic N) is 1. The second-order valence-electron chi connectivity index (χ2n) is 7.92. The minimum atomic E-state index is -0.272. The molecule has 2 fully saturated rings. The number of hydrogen-bond acceptors (Lipinski definition) is 4. The molecule has 0 amide bonds. The van der Waals surface area contributed by atoms with E-state index in [0.717, 1.165) is 62.8 Å². The van der Waals surface area contributed by atoms with Crippen molar-refractivity contribution in [2.45, 2.75) is 32.0 Å². The van der Waals surface area contributed by atoms with Gasteiger partial charge in [0.1, 0.15) is 0 Å². The van der Waals surface area contributed by atoms with E-state index in [9.17, 15) is 5.11 Å². The molecule has 2 aliphatic heterocycles. The van der Waals surface area contributed by atoms with E-state index >= 15 is 0 Å². The van der Waals surface area contributed by atoms with Gasteiger partial charge in [-0.1, -0.05) is 11.6 Å². The molecule has 2 aliphatic rings. The average Bonchev–Trinajstić information content (AvgIpc) is 2.92. The lowest BCUT2D eigenvalue weighted by molar-refractivity contribution is -0.0288. The number of likely N-dealkylation sites (tertiary alicyclic amines) is 1. The molecule has 0 saturated carbocycles. The van der Waals surface area contributed by atoms with Crippen molar-refractivity contribution in [3.8, 4) is 0 Å². The van der Waals surface area contributed by atoms with Gasteiger partial charge < -0.3 is 15.0 Å². The number of hydrogen-bond donors (Lipinski definition) is 2. The molecule has 0 spiro atoms. The predicted octanol–water partition coefficient (Wildman–Crippen LogP) is 2.31. The Morgan fingerprint density at radius 3 is 2.69 bits per heavy atom. The Morgan fingerprint density at radius 2 is 1.96 bits per heavy atom. The van der Waals surface area contributed by atoms with E-state index in [4.69, 9.17) is 11.6 Å². The lowest BCUT2D eigenvalue weighted by Gasteiger charge is -2.44. The van der Waals surface area contributed by atoms with E-state index in [1.54, 1.807) is 0 Å². The van der Waals surface area contributed by atoms with E-state index in [-0.39, 0.29) is 6.10 Å². The van der Waals surface area contributed by atoms with Gasteiger partial charge in [-0.15, -0.1) is 0 Å². The van der Waals surface area contributed by atoms with Crippen molar-refractivity contribution in [1.29, 1.82) is 0 Å². The number of piperidine rings is 1. The van der Waals surface area contributed by atoms with Crippen LogP contribution in [0.4, 0.5) is 0 Å². The van der Waals surface area contributed by atoms with Gasteiger partial charge in [0.25, 0.3) is 0 Å². The minimum absolute atomic E-state index is 0.272. The number of halogens is 1. The first kappa shape index (κ1) is 18.3. The van der Waals surface area contributed by atoms with Crippen LogP contribution in [0.3, 0.4) is 0 Å². The zero-order valence-electron chi connectivity index (χ0n) is 15.7. The predicted molar refractivity (Wildman–Crippen MR) is 107 cm³/mol. The fourth-order valence-corrected chi connectivity index (χ4v) is 4.62. The number of nitrogens with zero attached hydrogens (tertiary/aromatic N) is 3. The number of piperazine rings is 1. The Labute approximate surface area is 160 Å². The number of aliphatic hydroxyl groups is 1. The summed E-state index contributed by atoms with van der Waals surface area (Å²) in [6, 6.07) is 6.31. The number of fused-ring (bicyclic) bond motifs is 1. The Morgan fingerprint density at radius 1 is 1.19 bits per heavy atom. The van der Waals surface area contributed by atoms with Crippen molar-refractivity contribution in [3.05, 3.63) is 34.5 Å². The first-order valence-corrected chi connectivity index (χ1v) is 9.99. The molecule has 142 valence electrons. The monoisotopic (exact) mass is 376 g/mol. The highest BCUT2D eigenvalue weighted by Gasteiger charge is 2.33. The lowest BCUT2D eigenvalue weighted by atomic mass is 9.99. The number of H-pyrrole nitrogens is 1. The summed E-state index contributed by atoms with van der Waals surface area (Å²) < 4.78 is 0. The molecule has 0 unspecified atom stereocenters. The lowest BCUT2D eigenvalue weighted by Crippen LogP contribution is -2.58. The number of nitrogens with one attached hydrogen (secondary N) is 1. The second kappa shape index (κ2) is 7.49. The van der Waals surface area contributed by atoms with Crippen LogP contribution in [0.1, 0.15) is 17.7 Å². The number of aromatic nitrogens is 1. The molecule has 4 rings (SSSR count). The van der Waals surface area contributed by atoms with Crippen LogP contribution in [0.5, 0.6) is 0 Å². The zero-order chi connectivity index (χ0) is 18.3. The zero-order valence-corrected chi connectivity index (χ0v) is 16.5. The third-order valence-corrected chi connectivity index (χ3v) is 6.38. The van der Waals surface area contributed by atoms with Crippen molar-refractivity contribution in [1.82, 2.24) is 19.7 Å². The molecule has 0 bridgehead atoms. The van der Waals surface area contributed by atoms with Gasteiger partial charge in [-0.05, 0) is 44.2 Å². The molecule has 26 heavy (non-hydrogen) atoms. The van der Waals surface area contributed by atoms with Crippen molar-refractivity contribution >= 4 is 22.5 Å². The van der Waals surface area contributed by atoms with Gasteiger partial charge in [0.2, 0.25) is 0 Å². The second-order valence-corrected chi connectivity index (χ2v) is 8.35. The van der Waals surface area contributed by atoms with Gasteiger partial charge in [0, 0.05) is 73.5 Å². The number of benzene rings is 1. The first-order valence-electron chi connectivity index (χ1n) is 9.61. The molecule has 0 radical (unpaired) electrons. The van der Waals surface area contributed by atoms with Crippen LogP contribution in [0, 0.1) is 6.92 Å². The molecule has 2 saturated heterocycles. The van der Waals surface area contributed by atoms with Crippen molar-refractivity contribution in [2.75, 3.05) is 46.3 Å². The van der Waals surface area contributed by atoms with Gasteiger partial charge >= 0.3 is 0 Å². The summed E-state index contributed by atoms with van der Waals surface area (Å²) in [5, 5.41) is 12.7. The van der Waals surface area contributed by atoms with Crippen LogP contribution in [0.2, 0.25) is 5.02 Å². The third-order valence-electron chi connectivity index (χ3n) is 6.14. The maximum Gasteiger partial charge on any atom is 0.0822 e. The fourth-order valence-electron chi connectivity index (χ4n) is 4.44. The van der Waals surface area contributed by atoms with Gasteiger partial charge in [-0.25, -0.2) is 0 Å². The van der Waals surface area contributed by atoms with Crippen LogP contribution >= 0.6 is 11.6 Å². The molecule has 5 nitrogen and oxygen atoms in total. The summed E-state index contributed by atoms with van der Waals surface area (Å²) >= 11 is 6.14. The van der Waals surface area contributed by atoms with Crippen LogP contribution in [-0.4, -0.2) is 83.3 Å². The Kier molecular flexibility index (Phi) is 5.26. The summed E-state index contributed by atoms with van der Waals surface area (Å²) in [5.74, 6) is 0. The summed E-state index contributed by atoms with van der Waals surface area (Å²) in [6.07, 6.45) is 0.766. The van der Waals surface area contributed by atoms with Gasteiger partial charge in [-0.3, -0.25) is 9.80 Å². The highest BCUT2D eigenvalue weighted by molar-refractivity contribution is 6.31. The standard InChI is InChI=1S/C20H29ClN4O/c1-14-16-11-15(21)3-4-17(16)22-18(14)12-24-6-5-19(20(26)13-24)25-9-7-23(2)8-10-25/h3-4,11,19-20,22,26H,5-10,12-13H2,1-2H3/t19-,20-/m1/s1. The number of aromatic amines is 1. The number of aryl methyl sites for hydroxylation is 1. The molecule has 6 heteroatoms. The van der Waals surface area contributed by atoms with E-state index in [1.165, 1.54) is 16.6 Å². The molecule has 2 atom stereocenters. The quantitative estimate of drug-likeness (QED) is 0.863. The van der Waals surface area contributed by atoms with Gasteiger partial charge in [0.15, 0.2) is 0 Å². The van der Waals surface area contributed by atoms with Gasteiger partial charge in [-0.2, -0.15) is 0 Å². The maximum atomic E-state index is 10.8.